The molecule has 1 N–H and O–H groups in total. The number of unbranched alkanes of at least 4 members (excludes halogenated alkanes) is 1. The van der Waals surface area contributed by atoms with E-state index >= 15 is 0 Å². The highest BCUT2D eigenvalue weighted by atomic mass is 32.2. The second-order valence-electron chi connectivity index (χ2n) is 9.22. The van der Waals surface area contributed by atoms with E-state index in [1.807, 2.05) is 6.92 Å². The molecule has 0 saturated carbocycles. The fourth-order valence-corrected chi connectivity index (χ4v) is 7.94. The van der Waals surface area contributed by atoms with Gasteiger partial charge in [-0.3, -0.25) is 14.4 Å². The normalized spacial score (nSPS) is 30.8. The first-order valence-electron chi connectivity index (χ1n) is 12.2. The minimum Gasteiger partial charge on any atom is -0.465 e. The Kier molecular flexibility index (Phi) is 8.67. The Labute approximate surface area is 201 Å². The smallest absolute Gasteiger partial charge is 0.310 e. The fraction of sp³-hybridized carbons (Fsp3) is 0.720. The van der Waals surface area contributed by atoms with E-state index in [-0.39, 0.29) is 36.2 Å². The molecule has 2 bridgehead atoms. The lowest BCUT2D eigenvalue weighted by Gasteiger charge is -2.39. The second kappa shape index (κ2) is 11.1. The lowest BCUT2D eigenvalue weighted by atomic mass is 9.71. The molecule has 0 aromatic carbocycles. The van der Waals surface area contributed by atoms with Gasteiger partial charge in [0.05, 0.1) is 35.8 Å². The summed E-state index contributed by atoms with van der Waals surface area (Å²) in [5.74, 6) is -1.79. The van der Waals surface area contributed by atoms with E-state index in [9.17, 15) is 19.5 Å². The van der Waals surface area contributed by atoms with Crippen LogP contribution in [-0.4, -0.2) is 81.1 Å². The molecule has 1 spiro atoms. The van der Waals surface area contributed by atoms with Crippen LogP contribution >= 0.6 is 11.8 Å². The van der Waals surface area contributed by atoms with Crippen LogP contribution in [0.15, 0.2) is 25.3 Å². The number of aliphatic hydroxyl groups is 1. The molecule has 0 aromatic rings. The van der Waals surface area contributed by atoms with Gasteiger partial charge < -0.3 is 19.6 Å². The van der Waals surface area contributed by atoms with Crippen molar-refractivity contribution in [2.24, 2.45) is 11.8 Å². The lowest BCUT2D eigenvalue weighted by Crippen LogP contribution is -2.57. The molecule has 6 atom stereocenters. The Bertz CT molecular complexity index is 770. The highest BCUT2D eigenvalue weighted by Gasteiger charge is 2.74. The van der Waals surface area contributed by atoms with E-state index in [2.05, 4.69) is 20.1 Å². The fourth-order valence-electron chi connectivity index (χ4n) is 5.75. The zero-order valence-electron chi connectivity index (χ0n) is 19.9. The molecule has 7 nitrogen and oxygen atoms in total. The van der Waals surface area contributed by atoms with Gasteiger partial charge >= 0.3 is 5.97 Å². The number of carbonyl (C=O) groups excluding carboxylic acids is 3. The van der Waals surface area contributed by atoms with Crippen molar-refractivity contribution in [3.63, 3.8) is 0 Å². The molecule has 3 rings (SSSR count). The van der Waals surface area contributed by atoms with Crippen molar-refractivity contribution in [1.82, 2.24) is 9.80 Å². The van der Waals surface area contributed by atoms with Gasteiger partial charge in [0.2, 0.25) is 11.8 Å². The first kappa shape index (κ1) is 25.8. The third-order valence-corrected chi connectivity index (χ3v) is 9.28. The highest BCUT2D eigenvalue weighted by molar-refractivity contribution is 8.02. The maximum absolute atomic E-state index is 14.0. The van der Waals surface area contributed by atoms with Crippen molar-refractivity contribution in [3.8, 4) is 0 Å². The Morgan fingerprint density at radius 1 is 1.36 bits per heavy atom. The molecule has 3 aliphatic heterocycles. The largest absolute Gasteiger partial charge is 0.465 e. The number of ether oxygens (including phenoxy) is 1. The van der Waals surface area contributed by atoms with Gasteiger partial charge in [-0.25, -0.2) is 0 Å². The summed E-state index contributed by atoms with van der Waals surface area (Å²) in [6.45, 7) is 12.5. The van der Waals surface area contributed by atoms with E-state index in [4.69, 9.17) is 4.74 Å². The molecule has 2 unspecified atom stereocenters. The van der Waals surface area contributed by atoms with Gasteiger partial charge in [-0.2, -0.15) is 0 Å². The van der Waals surface area contributed by atoms with Gasteiger partial charge in [-0.15, -0.1) is 24.9 Å². The molecule has 3 saturated heterocycles. The van der Waals surface area contributed by atoms with Crippen molar-refractivity contribution in [2.45, 2.75) is 74.5 Å². The van der Waals surface area contributed by atoms with E-state index in [1.54, 1.807) is 33.7 Å². The number of hydrogen-bond donors (Lipinski definition) is 1. The number of hydrogen-bond acceptors (Lipinski definition) is 6. The Balaban J connectivity index is 1.99. The van der Waals surface area contributed by atoms with Crippen molar-refractivity contribution in [1.29, 1.82) is 0 Å². The second-order valence-corrected chi connectivity index (χ2v) is 10.8. The maximum atomic E-state index is 14.0. The van der Waals surface area contributed by atoms with Crippen molar-refractivity contribution >= 4 is 29.5 Å². The van der Waals surface area contributed by atoms with E-state index in [0.717, 1.165) is 19.3 Å². The van der Waals surface area contributed by atoms with E-state index < -0.39 is 28.7 Å². The summed E-state index contributed by atoms with van der Waals surface area (Å²) in [5.41, 5.74) is 0. The summed E-state index contributed by atoms with van der Waals surface area (Å²) in [7, 11) is 0. The molecule has 184 valence electrons. The van der Waals surface area contributed by atoms with Gasteiger partial charge in [0.1, 0.15) is 6.04 Å². The molecule has 3 heterocycles. The van der Waals surface area contributed by atoms with Crippen LogP contribution < -0.4 is 0 Å². The minimum atomic E-state index is -0.690. The molecule has 0 radical (unpaired) electrons. The van der Waals surface area contributed by atoms with Crippen LogP contribution in [0.3, 0.4) is 0 Å². The number of esters is 1. The minimum absolute atomic E-state index is 0.0228. The predicted octanol–water partition coefficient (Wildman–Crippen LogP) is 2.78. The van der Waals surface area contributed by atoms with Gasteiger partial charge in [-0.1, -0.05) is 32.4 Å². The topological polar surface area (TPSA) is 87.1 Å². The van der Waals surface area contributed by atoms with Crippen LogP contribution in [0.1, 0.15) is 52.4 Å². The summed E-state index contributed by atoms with van der Waals surface area (Å²) in [4.78, 5) is 44.3. The maximum Gasteiger partial charge on any atom is 0.310 e. The van der Waals surface area contributed by atoms with Crippen LogP contribution in [-0.2, 0) is 19.1 Å². The van der Waals surface area contributed by atoms with Crippen molar-refractivity contribution < 1.29 is 24.2 Å². The Morgan fingerprint density at radius 3 is 2.73 bits per heavy atom. The number of nitrogens with zero attached hydrogens (tertiary/aromatic N) is 2. The third-order valence-electron chi connectivity index (χ3n) is 7.33. The van der Waals surface area contributed by atoms with Crippen LogP contribution in [0.2, 0.25) is 0 Å². The van der Waals surface area contributed by atoms with Crippen molar-refractivity contribution in [3.05, 3.63) is 25.3 Å². The summed E-state index contributed by atoms with van der Waals surface area (Å²) >= 11 is 1.63. The van der Waals surface area contributed by atoms with Crippen LogP contribution in [0.25, 0.3) is 0 Å². The van der Waals surface area contributed by atoms with Crippen LogP contribution in [0, 0.1) is 11.8 Å². The van der Waals surface area contributed by atoms with E-state index in [0.29, 0.717) is 32.4 Å². The first-order chi connectivity index (χ1) is 15.9. The lowest BCUT2D eigenvalue weighted by molar-refractivity contribution is -0.154. The Hall–Kier alpha value is -1.80. The number of fused-ring (bicyclic) bond motifs is 1. The average molecular weight is 479 g/mol. The predicted molar refractivity (Wildman–Crippen MR) is 130 cm³/mol. The molecule has 0 aliphatic carbocycles. The quantitative estimate of drug-likeness (QED) is 0.249. The van der Waals surface area contributed by atoms with Crippen LogP contribution in [0.5, 0.6) is 0 Å². The number of rotatable bonds is 13. The van der Waals surface area contributed by atoms with Gasteiger partial charge in [0.25, 0.3) is 0 Å². The number of thioether (sulfide) groups is 1. The van der Waals surface area contributed by atoms with E-state index in [1.165, 1.54) is 0 Å². The number of likely N-dealkylation sites (tertiary alicyclic amines) is 1. The number of amides is 2. The SMILES string of the molecule is C=CCCOC(=O)[C@@H]1[C@H]2C(=O)N([C@@H](CC)CO)C(C(=O)N(CC=C)CCCC)C23CC[C@H]1S3. The molecule has 3 fully saturated rings. The Morgan fingerprint density at radius 2 is 2.12 bits per heavy atom. The molecular weight excluding hydrogens is 440 g/mol. The molecule has 33 heavy (non-hydrogen) atoms. The molecular formula is C25H38N2O5S. The molecule has 8 heteroatoms. The first-order valence-corrected chi connectivity index (χ1v) is 13.1. The number of carbonyl (C=O) groups is 3. The average Bonchev–Trinajstić information content (AvgIpc) is 3.45. The number of aliphatic hydroxyl groups excluding tert-OH is 1. The monoisotopic (exact) mass is 478 g/mol. The molecule has 0 aromatic heterocycles. The standard InChI is InChI=1S/C25H38N2O5S/c1-5-9-14-26(13-7-3)23(30)21-25-12-11-18(33-25)19(24(31)32-15-10-6-2)20(25)22(29)27(21)17(8-4)16-28/h6-7,17-21,28H,2-3,5,8-16H2,1,4H3/t17-,18+,19-,20-,21?,25?/m0/s1. The van der Waals surface area contributed by atoms with Gasteiger partial charge in [-0.05, 0) is 32.1 Å². The van der Waals surface area contributed by atoms with Gasteiger partial charge in [0, 0.05) is 18.3 Å². The molecule has 2 amide bonds. The molecule has 3 aliphatic rings. The van der Waals surface area contributed by atoms with Gasteiger partial charge in [0.15, 0.2) is 0 Å². The van der Waals surface area contributed by atoms with Crippen molar-refractivity contribution in [2.75, 3.05) is 26.3 Å². The summed E-state index contributed by atoms with van der Waals surface area (Å²) in [5, 5.41) is 10.1. The highest BCUT2D eigenvalue weighted by Crippen LogP contribution is 2.67. The summed E-state index contributed by atoms with van der Waals surface area (Å²) in [6.07, 6.45) is 7.80. The summed E-state index contributed by atoms with van der Waals surface area (Å²) in [6, 6.07) is -1.15. The summed E-state index contributed by atoms with van der Waals surface area (Å²) < 4.78 is 4.85. The third kappa shape index (κ3) is 4.48. The zero-order valence-corrected chi connectivity index (χ0v) is 20.7. The zero-order chi connectivity index (χ0) is 24.2. The van der Waals surface area contributed by atoms with Crippen LogP contribution in [0.4, 0.5) is 0 Å².